The van der Waals surface area contributed by atoms with Gasteiger partial charge in [-0.2, -0.15) is 9.40 Å². The van der Waals surface area contributed by atoms with Crippen molar-refractivity contribution in [3.8, 4) is 0 Å². The number of piperidine rings is 1. The number of sulfonamides is 1. The highest BCUT2D eigenvalue weighted by molar-refractivity contribution is 7.89. The summed E-state index contributed by atoms with van der Waals surface area (Å²) in [4.78, 5) is 16.7. The third-order valence-corrected chi connectivity index (χ3v) is 7.61. The molecule has 11 heteroatoms. The van der Waals surface area contributed by atoms with E-state index in [-0.39, 0.29) is 34.8 Å². The summed E-state index contributed by atoms with van der Waals surface area (Å²) < 4.78 is 42.0. The summed E-state index contributed by atoms with van der Waals surface area (Å²) >= 11 is 5.74. The number of nitrogens with zero attached hydrogens (tertiary/aromatic N) is 4. The van der Waals surface area contributed by atoms with Gasteiger partial charge >= 0.3 is 0 Å². The minimum absolute atomic E-state index is 0.0613. The molecule has 1 aromatic heterocycles. The maximum Gasteiger partial charge on any atom is 0.243 e. The summed E-state index contributed by atoms with van der Waals surface area (Å²) in [5.74, 6) is -1.15. The van der Waals surface area contributed by atoms with Crippen LogP contribution in [0.4, 0.5) is 10.1 Å². The number of benzene rings is 2. The fraction of sp³-hybridized carbons (Fsp3) is 0.286. The lowest BCUT2D eigenvalue weighted by molar-refractivity contribution is -0.120. The number of carbonyl (C=O) groups excluding carboxylic acids is 1. The Balaban J connectivity index is 1.39. The first kappa shape index (κ1) is 22.4. The van der Waals surface area contributed by atoms with Gasteiger partial charge in [0.1, 0.15) is 18.5 Å². The van der Waals surface area contributed by atoms with E-state index >= 15 is 0 Å². The summed E-state index contributed by atoms with van der Waals surface area (Å²) in [7, 11) is -3.81. The van der Waals surface area contributed by atoms with Gasteiger partial charge in [0.05, 0.1) is 16.5 Å². The number of rotatable bonds is 6. The van der Waals surface area contributed by atoms with Gasteiger partial charge in [-0.15, -0.1) is 0 Å². The summed E-state index contributed by atoms with van der Waals surface area (Å²) in [6, 6.07) is 10.8. The Kier molecular flexibility index (Phi) is 6.54. The van der Waals surface area contributed by atoms with E-state index in [9.17, 15) is 17.6 Å². The summed E-state index contributed by atoms with van der Waals surface area (Å²) in [6.07, 6.45) is 3.81. The molecule has 1 N–H and O–H groups in total. The van der Waals surface area contributed by atoms with Gasteiger partial charge in [0.25, 0.3) is 0 Å². The normalized spacial score (nSPS) is 15.6. The van der Waals surface area contributed by atoms with Crippen molar-refractivity contribution in [2.24, 2.45) is 5.92 Å². The van der Waals surface area contributed by atoms with Gasteiger partial charge in [0, 0.05) is 24.7 Å². The van der Waals surface area contributed by atoms with E-state index < -0.39 is 15.8 Å². The molecular weight excluding hydrogens is 457 g/mol. The number of para-hydroxylation sites is 1. The van der Waals surface area contributed by atoms with Crippen molar-refractivity contribution in [1.29, 1.82) is 0 Å². The van der Waals surface area contributed by atoms with Gasteiger partial charge in [-0.05, 0) is 42.7 Å². The molecule has 0 saturated carbocycles. The van der Waals surface area contributed by atoms with Gasteiger partial charge in [0.2, 0.25) is 15.9 Å². The zero-order valence-corrected chi connectivity index (χ0v) is 18.6. The highest BCUT2D eigenvalue weighted by Crippen LogP contribution is 2.27. The van der Waals surface area contributed by atoms with Crippen molar-refractivity contribution in [3.05, 3.63) is 71.5 Å². The Morgan fingerprint density at radius 2 is 1.94 bits per heavy atom. The Labute approximate surface area is 190 Å². The number of amides is 1. The Morgan fingerprint density at radius 1 is 1.19 bits per heavy atom. The second kappa shape index (κ2) is 9.35. The number of anilines is 1. The second-order valence-electron chi connectivity index (χ2n) is 7.49. The lowest BCUT2D eigenvalue weighted by atomic mass is 9.97. The molecule has 3 aromatic rings. The predicted molar refractivity (Wildman–Crippen MR) is 117 cm³/mol. The van der Waals surface area contributed by atoms with Gasteiger partial charge in [-0.1, -0.05) is 29.8 Å². The Hall–Kier alpha value is -2.82. The minimum atomic E-state index is -3.81. The fourth-order valence-electron chi connectivity index (χ4n) is 3.65. The average molecular weight is 478 g/mol. The first-order chi connectivity index (χ1) is 15.3. The number of hydrogen-bond acceptors (Lipinski definition) is 5. The van der Waals surface area contributed by atoms with Crippen LogP contribution in [0.25, 0.3) is 0 Å². The molecule has 2 aromatic carbocycles. The third kappa shape index (κ3) is 4.82. The van der Waals surface area contributed by atoms with Crippen LogP contribution in [0, 0.1) is 11.7 Å². The van der Waals surface area contributed by atoms with Crippen molar-refractivity contribution in [3.63, 3.8) is 0 Å². The molecule has 2 heterocycles. The average Bonchev–Trinajstić information content (AvgIpc) is 3.30. The van der Waals surface area contributed by atoms with E-state index in [1.165, 1.54) is 16.7 Å². The molecule has 4 rings (SSSR count). The molecule has 0 radical (unpaired) electrons. The summed E-state index contributed by atoms with van der Waals surface area (Å²) in [5, 5.41) is 6.81. The fourth-order valence-corrected chi connectivity index (χ4v) is 5.39. The lowest BCUT2D eigenvalue weighted by Crippen LogP contribution is -2.41. The van der Waals surface area contributed by atoms with Crippen molar-refractivity contribution in [2.45, 2.75) is 24.3 Å². The minimum Gasteiger partial charge on any atom is -0.326 e. The molecule has 0 bridgehead atoms. The van der Waals surface area contributed by atoms with Gasteiger partial charge in [-0.3, -0.25) is 4.79 Å². The van der Waals surface area contributed by atoms with Crippen LogP contribution in [0.15, 0.2) is 60.0 Å². The molecule has 1 fully saturated rings. The lowest BCUT2D eigenvalue weighted by Gasteiger charge is -2.30. The van der Waals surface area contributed by atoms with E-state index in [4.69, 9.17) is 11.6 Å². The summed E-state index contributed by atoms with van der Waals surface area (Å²) in [5.41, 5.74) is 1.57. The second-order valence-corrected chi connectivity index (χ2v) is 9.84. The number of nitrogens with one attached hydrogen (secondary N) is 1. The molecule has 1 aliphatic rings. The zero-order chi connectivity index (χ0) is 22.7. The van der Waals surface area contributed by atoms with Crippen LogP contribution >= 0.6 is 11.6 Å². The van der Waals surface area contributed by atoms with Crippen molar-refractivity contribution < 1.29 is 17.6 Å². The molecule has 168 valence electrons. The number of halogens is 2. The molecule has 0 unspecified atom stereocenters. The van der Waals surface area contributed by atoms with E-state index in [2.05, 4.69) is 15.4 Å². The molecule has 0 spiro atoms. The quantitative estimate of drug-likeness (QED) is 0.588. The highest BCUT2D eigenvalue weighted by atomic mass is 35.5. The van der Waals surface area contributed by atoms with Crippen molar-refractivity contribution in [1.82, 2.24) is 19.1 Å². The van der Waals surface area contributed by atoms with Gasteiger partial charge in [-0.25, -0.2) is 22.5 Å². The summed E-state index contributed by atoms with van der Waals surface area (Å²) in [6.45, 7) is 0.847. The van der Waals surface area contributed by atoms with E-state index in [1.807, 2.05) is 24.3 Å². The van der Waals surface area contributed by atoms with Crippen molar-refractivity contribution in [2.75, 3.05) is 18.4 Å². The van der Waals surface area contributed by atoms with Crippen LogP contribution in [-0.2, 0) is 21.4 Å². The first-order valence-electron chi connectivity index (χ1n) is 10.0. The standard InChI is InChI=1S/C21H21ClFN5O3S/c22-18-11-17(5-6-19(18)23)32(30,31)28-9-7-15(8-10-28)21(29)26-20-4-2-1-3-16(20)12-27-14-24-13-25-27/h1-6,11,13-15H,7-10,12H2,(H,26,29). The van der Waals surface area contributed by atoms with Crippen LogP contribution in [0.1, 0.15) is 18.4 Å². The molecule has 0 aliphatic carbocycles. The van der Waals surface area contributed by atoms with E-state index in [0.29, 0.717) is 25.1 Å². The smallest absolute Gasteiger partial charge is 0.243 e. The number of aromatic nitrogens is 3. The topological polar surface area (TPSA) is 97.2 Å². The van der Waals surface area contributed by atoms with E-state index in [0.717, 1.165) is 17.7 Å². The first-order valence-corrected chi connectivity index (χ1v) is 11.8. The molecule has 0 atom stereocenters. The van der Waals surface area contributed by atoms with Crippen LogP contribution in [-0.4, -0.2) is 46.5 Å². The molecule has 1 saturated heterocycles. The highest BCUT2D eigenvalue weighted by Gasteiger charge is 2.32. The molecule has 32 heavy (non-hydrogen) atoms. The van der Waals surface area contributed by atoms with Crippen LogP contribution in [0.3, 0.4) is 0 Å². The molecular formula is C21H21ClFN5O3S. The number of carbonyl (C=O) groups is 1. The number of hydrogen-bond donors (Lipinski definition) is 1. The Bertz CT molecular complexity index is 1210. The largest absolute Gasteiger partial charge is 0.326 e. The van der Waals surface area contributed by atoms with Gasteiger partial charge in [0.15, 0.2) is 0 Å². The predicted octanol–water partition coefficient (Wildman–Crippen LogP) is 3.16. The maximum atomic E-state index is 13.4. The molecule has 1 amide bonds. The molecule has 1 aliphatic heterocycles. The van der Waals surface area contributed by atoms with Crippen molar-refractivity contribution >= 4 is 33.2 Å². The SMILES string of the molecule is O=C(Nc1ccccc1Cn1cncn1)C1CCN(S(=O)(=O)c2ccc(F)c(Cl)c2)CC1. The van der Waals surface area contributed by atoms with Crippen LogP contribution in [0.2, 0.25) is 5.02 Å². The molecule has 8 nitrogen and oxygen atoms in total. The van der Waals surface area contributed by atoms with Crippen LogP contribution < -0.4 is 5.32 Å². The monoisotopic (exact) mass is 477 g/mol. The van der Waals surface area contributed by atoms with Gasteiger partial charge < -0.3 is 5.32 Å². The zero-order valence-electron chi connectivity index (χ0n) is 17.0. The van der Waals surface area contributed by atoms with Crippen LogP contribution in [0.5, 0.6) is 0 Å². The van der Waals surface area contributed by atoms with E-state index in [1.54, 1.807) is 11.0 Å². The maximum absolute atomic E-state index is 13.4. The Morgan fingerprint density at radius 3 is 2.62 bits per heavy atom. The third-order valence-electron chi connectivity index (χ3n) is 5.43.